The minimum Gasteiger partial charge on any atom is -0.478 e. The SMILES string of the molecule is COc1nc2cc(Cl)ccc2nc1NC(=O)N1CCN(c2cccc(C)c2)CC1. The van der Waals surface area contributed by atoms with Gasteiger partial charge in [-0.2, -0.15) is 0 Å². The van der Waals surface area contributed by atoms with Crippen LogP contribution in [0.3, 0.4) is 0 Å². The number of piperazine rings is 1. The second kappa shape index (κ2) is 8.13. The Kier molecular flexibility index (Phi) is 5.40. The molecular weight excluding hydrogens is 390 g/mol. The van der Waals surface area contributed by atoms with Gasteiger partial charge in [-0.25, -0.2) is 14.8 Å². The van der Waals surface area contributed by atoms with Crippen LogP contribution in [-0.2, 0) is 0 Å². The van der Waals surface area contributed by atoms with Crippen LogP contribution in [0.15, 0.2) is 42.5 Å². The van der Waals surface area contributed by atoms with Crippen LogP contribution >= 0.6 is 11.6 Å². The Labute approximate surface area is 174 Å². The number of carbonyl (C=O) groups is 1. The molecule has 1 fully saturated rings. The molecule has 1 aliphatic heterocycles. The molecule has 7 nitrogen and oxygen atoms in total. The van der Waals surface area contributed by atoms with Crippen LogP contribution in [0.1, 0.15) is 5.56 Å². The number of urea groups is 1. The average Bonchev–Trinajstić information content (AvgIpc) is 2.73. The highest BCUT2D eigenvalue weighted by atomic mass is 35.5. The number of benzene rings is 2. The molecule has 3 aromatic rings. The van der Waals surface area contributed by atoms with Crippen molar-refractivity contribution in [1.82, 2.24) is 14.9 Å². The molecule has 29 heavy (non-hydrogen) atoms. The Bertz CT molecular complexity index is 1050. The molecule has 2 amide bonds. The lowest BCUT2D eigenvalue weighted by Gasteiger charge is -2.36. The summed E-state index contributed by atoms with van der Waals surface area (Å²) in [5, 5.41) is 3.41. The maximum Gasteiger partial charge on any atom is 0.323 e. The van der Waals surface area contributed by atoms with E-state index < -0.39 is 0 Å². The van der Waals surface area contributed by atoms with Gasteiger partial charge in [0.25, 0.3) is 5.88 Å². The molecule has 1 N–H and O–H groups in total. The maximum absolute atomic E-state index is 12.8. The lowest BCUT2D eigenvalue weighted by atomic mass is 10.2. The Hall–Kier alpha value is -3.06. The third-order valence-corrected chi connectivity index (χ3v) is 5.18. The fourth-order valence-corrected chi connectivity index (χ4v) is 3.57. The largest absolute Gasteiger partial charge is 0.478 e. The standard InChI is InChI=1S/C21H22ClN5O2/c1-14-4-3-5-16(12-14)26-8-10-27(11-9-26)21(28)25-19-20(29-2)24-18-13-15(22)6-7-17(18)23-19/h3-7,12-13H,8-11H2,1-2H3,(H,23,25,28). The van der Waals surface area contributed by atoms with Gasteiger partial charge in [0.05, 0.1) is 18.1 Å². The van der Waals surface area contributed by atoms with E-state index in [2.05, 4.69) is 51.4 Å². The van der Waals surface area contributed by atoms with Crippen LogP contribution in [-0.4, -0.2) is 54.2 Å². The summed E-state index contributed by atoms with van der Waals surface area (Å²) in [4.78, 5) is 25.7. The molecule has 4 rings (SSSR count). The lowest BCUT2D eigenvalue weighted by molar-refractivity contribution is 0.208. The quantitative estimate of drug-likeness (QED) is 0.706. The Balaban J connectivity index is 1.45. The molecule has 0 saturated carbocycles. The number of aryl methyl sites for hydroxylation is 1. The highest BCUT2D eigenvalue weighted by Crippen LogP contribution is 2.25. The molecule has 1 saturated heterocycles. The predicted molar refractivity (Wildman–Crippen MR) is 115 cm³/mol. The smallest absolute Gasteiger partial charge is 0.323 e. The normalized spacial score (nSPS) is 14.2. The summed E-state index contributed by atoms with van der Waals surface area (Å²) in [5.74, 6) is 0.556. The monoisotopic (exact) mass is 411 g/mol. The van der Waals surface area contributed by atoms with Gasteiger partial charge in [-0.15, -0.1) is 0 Å². The van der Waals surface area contributed by atoms with Crippen molar-refractivity contribution >= 4 is 40.2 Å². The van der Waals surface area contributed by atoms with Gasteiger partial charge in [-0.05, 0) is 42.8 Å². The molecule has 1 aliphatic rings. The predicted octanol–water partition coefficient (Wildman–Crippen LogP) is 3.95. The van der Waals surface area contributed by atoms with Crippen molar-refractivity contribution in [1.29, 1.82) is 0 Å². The minimum atomic E-state index is -0.213. The van der Waals surface area contributed by atoms with Gasteiger partial charge >= 0.3 is 6.03 Å². The summed E-state index contributed by atoms with van der Waals surface area (Å²) in [6.45, 7) is 4.88. The first-order chi connectivity index (χ1) is 14.0. The van der Waals surface area contributed by atoms with Gasteiger partial charge in [-0.1, -0.05) is 23.7 Å². The number of hydrogen-bond donors (Lipinski definition) is 1. The fourth-order valence-electron chi connectivity index (χ4n) is 3.41. The Morgan fingerprint density at radius 2 is 1.86 bits per heavy atom. The highest BCUT2D eigenvalue weighted by molar-refractivity contribution is 6.31. The first-order valence-corrected chi connectivity index (χ1v) is 9.80. The average molecular weight is 412 g/mol. The number of aromatic nitrogens is 2. The van der Waals surface area contributed by atoms with Crippen molar-refractivity contribution in [2.45, 2.75) is 6.92 Å². The zero-order valence-corrected chi connectivity index (χ0v) is 17.1. The molecule has 2 heterocycles. The van der Waals surface area contributed by atoms with Crippen molar-refractivity contribution in [3.8, 4) is 5.88 Å². The van der Waals surface area contributed by atoms with E-state index in [9.17, 15) is 4.79 Å². The highest BCUT2D eigenvalue weighted by Gasteiger charge is 2.23. The van der Waals surface area contributed by atoms with Gasteiger partial charge in [-0.3, -0.25) is 5.32 Å². The number of nitrogens with zero attached hydrogens (tertiary/aromatic N) is 4. The van der Waals surface area contributed by atoms with E-state index in [0.29, 0.717) is 35.0 Å². The van der Waals surface area contributed by atoms with Gasteiger partial charge in [0.15, 0.2) is 5.82 Å². The molecule has 0 bridgehead atoms. The molecule has 8 heteroatoms. The second-order valence-electron chi connectivity index (χ2n) is 6.96. The number of nitrogens with one attached hydrogen (secondary N) is 1. The van der Waals surface area contributed by atoms with E-state index >= 15 is 0 Å². The number of methoxy groups -OCH3 is 1. The van der Waals surface area contributed by atoms with Crippen LogP contribution in [0.5, 0.6) is 5.88 Å². The van der Waals surface area contributed by atoms with Gasteiger partial charge < -0.3 is 14.5 Å². The molecule has 0 aliphatic carbocycles. The molecule has 150 valence electrons. The molecule has 0 atom stereocenters. The summed E-state index contributed by atoms with van der Waals surface area (Å²) in [6, 6.07) is 13.4. The molecule has 2 aromatic carbocycles. The van der Waals surface area contributed by atoms with Crippen molar-refractivity contribution in [2.75, 3.05) is 43.5 Å². The summed E-state index contributed by atoms with van der Waals surface area (Å²) < 4.78 is 5.31. The Morgan fingerprint density at radius 3 is 2.59 bits per heavy atom. The zero-order chi connectivity index (χ0) is 20.4. The van der Waals surface area contributed by atoms with Gasteiger partial charge in [0, 0.05) is 36.9 Å². The molecule has 1 aromatic heterocycles. The number of amides is 2. The first kappa shape index (κ1) is 19.3. The van der Waals surface area contributed by atoms with Gasteiger partial charge in [0.1, 0.15) is 0 Å². The molecule has 0 radical (unpaired) electrons. The summed E-state index contributed by atoms with van der Waals surface area (Å²) in [5.41, 5.74) is 3.66. The van der Waals surface area contributed by atoms with Crippen LogP contribution in [0.25, 0.3) is 11.0 Å². The molecule has 0 unspecified atom stereocenters. The van der Waals surface area contributed by atoms with E-state index in [1.807, 2.05) is 0 Å². The number of halogens is 1. The number of hydrogen-bond acceptors (Lipinski definition) is 5. The third kappa shape index (κ3) is 4.19. The molecule has 0 spiro atoms. The number of fused-ring (bicyclic) bond motifs is 1. The maximum atomic E-state index is 12.8. The fraction of sp³-hybridized carbons (Fsp3) is 0.286. The van der Waals surface area contributed by atoms with Crippen molar-refractivity contribution in [3.05, 3.63) is 53.1 Å². The number of rotatable bonds is 3. The summed E-state index contributed by atoms with van der Waals surface area (Å²) in [6.07, 6.45) is 0. The van der Waals surface area contributed by atoms with Crippen molar-refractivity contribution < 1.29 is 9.53 Å². The van der Waals surface area contributed by atoms with E-state index in [-0.39, 0.29) is 11.9 Å². The van der Waals surface area contributed by atoms with E-state index in [1.54, 1.807) is 23.1 Å². The topological polar surface area (TPSA) is 70.6 Å². The van der Waals surface area contributed by atoms with Crippen LogP contribution in [0, 0.1) is 6.92 Å². The van der Waals surface area contributed by atoms with Gasteiger partial charge in [0.2, 0.25) is 0 Å². The van der Waals surface area contributed by atoms with Crippen LogP contribution in [0.4, 0.5) is 16.3 Å². The lowest BCUT2D eigenvalue weighted by Crippen LogP contribution is -2.50. The van der Waals surface area contributed by atoms with Crippen LogP contribution in [0.2, 0.25) is 5.02 Å². The van der Waals surface area contributed by atoms with Crippen LogP contribution < -0.4 is 15.0 Å². The summed E-state index contributed by atoms with van der Waals surface area (Å²) >= 11 is 6.02. The van der Waals surface area contributed by atoms with E-state index in [0.717, 1.165) is 13.1 Å². The van der Waals surface area contributed by atoms with E-state index in [1.165, 1.54) is 18.4 Å². The number of ether oxygens (including phenoxy) is 1. The number of carbonyl (C=O) groups excluding carboxylic acids is 1. The van der Waals surface area contributed by atoms with E-state index in [4.69, 9.17) is 16.3 Å². The third-order valence-electron chi connectivity index (χ3n) is 4.95. The van der Waals surface area contributed by atoms with Crippen molar-refractivity contribution in [3.63, 3.8) is 0 Å². The Morgan fingerprint density at radius 1 is 1.07 bits per heavy atom. The zero-order valence-electron chi connectivity index (χ0n) is 16.4. The van der Waals surface area contributed by atoms with Crippen molar-refractivity contribution in [2.24, 2.45) is 0 Å². The molecular formula is C21H22ClN5O2. The first-order valence-electron chi connectivity index (χ1n) is 9.42. The minimum absolute atomic E-state index is 0.213. The second-order valence-corrected chi connectivity index (χ2v) is 7.39. The number of anilines is 2. The summed E-state index contributed by atoms with van der Waals surface area (Å²) in [7, 11) is 1.50.